The minimum absolute atomic E-state index is 0.0225. The molecule has 0 spiro atoms. The second-order valence-electron chi connectivity index (χ2n) is 7.50. The molecule has 154 valence electrons. The first-order valence-electron chi connectivity index (χ1n) is 10.1. The van der Waals surface area contributed by atoms with Crippen LogP contribution in [0.5, 0.6) is 0 Å². The summed E-state index contributed by atoms with van der Waals surface area (Å²) in [6.07, 6.45) is 3.18. The Kier molecular flexibility index (Phi) is 8.51. The smallest absolute Gasteiger partial charge is 0.237 e. The van der Waals surface area contributed by atoms with Crippen LogP contribution in [-0.2, 0) is 11.3 Å². The molecule has 2 rings (SSSR count). The van der Waals surface area contributed by atoms with Gasteiger partial charge in [0.2, 0.25) is 5.91 Å². The summed E-state index contributed by atoms with van der Waals surface area (Å²) >= 11 is 1.48. The summed E-state index contributed by atoms with van der Waals surface area (Å²) in [6, 6.07) is 8.15. The van der Waals surface area contributed by atoms with Crippen molar-refractivity contribution in [2.45, 2.75) is 70.0 Å². The first-order chi connectivity index (χ1) is 13.4. The van der Waals surface area contributed by atoms with Gasteiger partial charge in [-0.25, -0.2) is 0 Å². The van der Waals surface area contributed by atoms with Gasteiger partial charge >= 0.3 is 0 Å². The number of rotatable bonds is 10. The molecule has 0 saturated heterocycles. The van der Waals surface area contributed by atoms with E-state index in [-0.39, 0.29) is 11.2 Å². The summed E-state index contributed by atoms with van der Waals surface area (Å²) in [6.45, 7) is 9.20. The van der Waals surface area contributed by atoms with E-state index in [0.717, 1.165) is 42.5 Å². The monoisotopic (exact) mass is 404 g/mol. The van der Waals surface area contributed by atoms with Gasteiger partial charge in [-0.1, -0.05) is 49.7 Å². The van der Waals surface area contributed by atoms with Gasteiger partial charge in [-0.2, -0.15) is 0 Å². The topological polar surface area (TPSA) is 64.2 Å². The molecule has 0 fully saturated rings. The van der Waals surface area contributed by atoms with Crippen LogP contribution >= 0.6 is 11.8 Å². The molecule has 0 radical (unpaired) electrons. The van der Waals surface area contributed by atoms with Crippen molar-refractivity contribution in [1.29, 1.82) is 0 Å². The standard InChI is InChI=1S/C21H33N5OS/c1-7-9-14-26-19(18(8-2)25(5)6)23-24-21(26)28-16(4)20(27)22-17-12-10-15(3)11-13-17/h10-13,16,18H,7-9,14H2,1-6H3,(H,22,27)/p+1/t16-,18+/m1/s1. The summed E-state index contributed by atoms with van der Waals surface area (Å²) in [7, 11) is 4.30. The van der Waals surface area contributed by atoms with Crippen molar-refractivity contribution >= 4 is 23.4 Å². The maximum Gasteiger partial charge on any atom is 0.237 e. The van der Waals surface area contributed by atoms with Gasteiger partial charge in [-0.3, -0.25) is 4.79 Å². The second kappa shape index (κ2) is 10.6. The molecule has 0 aliphatic rings. The Labute approximate surface area is 173 Å². The maximum atomic E-state index is 12.6. The summed E-state index contributed by atoms with van der Waals surface area (Å²) in [5, 5.41) is 12.5. The molecule has 28 heavy (non-hydrogen) atoms. The second-order valence-corrected chi connectivity index (χ2v) is 8.81. The lowest BCUT2D eigenvalue weighted by Crippen LogP contribution is -3.06. The van der Waals surface area contributed by atoms with Crippen LogP contribution in [0.2, 0.25) is 0 Å². The molecule has 1 aromatic heterocycles. The van der Waals surface area contributed by atoms with Crippen molar-refractivity contribution < 1.29 is 9.69 Å². The molecule has 6 nitrogen and oxygen atoms in total. The average molecular weight is 405 g/mol. The Bertz CT molecular complexity index is 757. The van der Waals surface area contributed by atoms with Gasteiger partial charge < -0.3 is 14.8 Å². The van der Waals surface area contributed by atoms with Crippen molar-refractivity contribution in [3.63, 3.8) is 0 Å². The predicted octanol–water partition coefficient (Wildman–Crippen LogP) is 3.10. The number of carbonyl (C=O) groups excluding carboxylic acids is 1. The van der Waals surface area contributed by atoms with E-state index in [4.69, 9.17) is 0 Å². The van der Waals surface area contributed by atoms with E-state index in [1.165, 1.54) is 22.2 Å². The van der Waals surface area contributed by atoms with E-state index < -0.39 is 0 Å². The van der Waals surface area contributed by atoms with E-state index in [9.17, 15) is 4.79 Å². The van der Waals surface area contributed by atoms with Crippen LogP contribution in [-0.4, -0.2) is 40.0 Å². The number of quaternary nitrogens is 1. The van der Waals surface area contributed by atoms with Crippen LogP contribution < -0.4 is 10.2 Å². The Morgan fingerprint density at radius 3 is 2.46 bits per heavy atom. The number of amides is 1. The number of nitrogens with zero attached hydrogens (tertiary/aromatic N) is 3. The molecule has 2 atom stereocenters. The summed E-state index contributed by atoms with van der Waals surface area (Å²) in [5.41, 5.74) is 1.99. The Balaban J connectivity index is 2.15. The predicted molar refractivity (Wildman–Crippen MR) is 116 cm³/mol. The lowest BCUT2D eigenvalue weighted by Gasteiger charge is -2.20. The van der Waals surface area contributed by atoms with E-state index >= 15 is 0 Å². The zero-order valence-electron chi connectivity index (χ0n) is 18.0. The van der Waals surface area contributed by atoms with E-state index in [1.807, 2.05) is 38.1 Å². The zero-order valence-corrected chi connectivity index (χ0v) is 18.8. The van der Waals surface area contributed by atoms with Crippen LogP contribution in [0.4, 0.5) is 5.69 Å². The van der Waals surface area contributed by atoms with Crippen LogP contribution in [0.25, 0.3) is 0 Å². The van der Waals surface area contributed by atoms with Crippen molar-refractivity contribution in [2.24, 2.45) is 0 Å². The quantitative estimate of drug-likeness (QED) is 0.597. The highest BCUT2D eigenvalue weighted by Gasteiger charge is 2.26. The molecule has 2 aromatic rings. The lowest BCUT2D eigenvalue weighted by atomic mass is 10.2. The summed E-state index contributed by atoms with van der Waals surface area (Å²) < 4.78 is 2.21. The number of hydrogen-bond donors (Lipinski definition) is 2. The molecule has 1 heterocycles. The first-order valence-corrected chi connectivity index (χ1v) is 11.0. The van der Waals surface area contributed by atoms with Gasteiger partial charge in [0.15, 0.2) is 11.0 Å². The maximum absolute atomic E-state index is 12.6. The highest BCUT2D eigenvalue weighted by Crippen LogP contribution is 2.26. The average Bonchev–Trinajstić information content (AvgIpc) is 3.04. The molecule has 0 saturated carbocycles. The SMILES string of the molecule is CCCCn1c(S[C@H](C)C(=O)Nc2ccc(C)cc2)nnc1[C@H](CC)[NH+](C)C. The highest BCUT2D eigenvalue weighted by molar-refractivity contribution is 8.00. The Morgan fingerprint density at radius 1 is 1.21 bits per heavy atom. The van der Waals surface area contributed by atoms with Gasteiger partial charge in [0.1, 0.15) is 6.04 Å². The minimum Gasteiger partial charge on any atom is -0.331 e. The van der Waals surface area contributed by atoms with Crippen molar-refractivity contribution in [2.75, 3.05) is 19.4 Å². The van der Waals surface area contributed by atoms with Crippen molar-refractivity contribution in [3.05, 3.63) is 35.7 Å². The van der Waals surface area contributed by atoms with Gasteiger partial charge in [-0.15, -0.1) is 10.2 Å². The van der Waals surface area contributed by atoms with Crippen molar-refractivity contribution in [1.82, 2.24) is 14.8 Å². The van der Waals surface area contributed by atoms with E-state index in [2.05, 4.69) is 48.0 Å². The fourth-order valence-corrected chi connectivity index (χ4v) is 4.00. The largest absolute Gasteiger partial charge is 0.331 e. The van der Waals surface area contributed by atoms with Gasteiger partial charge in [-0.05, 0) is 32.4 Å². The summed E-state index contributed by atoms with van der Waals surface area (Å²) in [4.78, 5) is 14.0. The van der Waals surface area contributed by atoms with Crippen LogP contribution in [0.1, 0.15) is 57.5 Å². The molecule has 1 aromatic carbocycles. The van der Waals surface area contributed by atoms with Crippen LogP contribution in [0, 0.1) is 6.92 Å². The number of anilines is 1. The van der Waals surface area contributed by atoms with E-state index in [1.54, 1.807) is 0 Å². The van der Waals surface area contributed by atoms with Crippen molar-refractivity contribution in [3.8, 4) is 0 Å². The number of carbonyl (C=O) groups is 1. The number of hydrogen-bond acceptors (Lipinski definition) is 4. The number of benzene rings is 1. The number of thioether (sulfide) groups is 1. The minimum atomic E-state index is -0.259. The van der Waals surface area contributed by atoms with E-state index in [0.29, 0.717) is 6.04 Å². The molecule has 7 heteroatoms. The lowest BCUT2D eigenvalue weighted by molar-refractivity contribution is -0.893. The molecule has 0 aliphatic heterocycles. The molecular weight excluding hydrogens is 370 g/mol. The number of unbranched alkanes of at least 4 members (excludes halogenated alkanes) is 1. The third-order valence-electron chi connectivity index (χ3n) is 4.87. The number of aromatic nitrogens is 3. The van der Waals surface area contributed by atoms with Gasteiger partial charge in [0, 0.05) is 18.7 Å². The Morgan fingerprint density at radius 2 is 1.89 bits per heavy atom. The fourth-order valence-electron chi connectivity index (χ4n) is 3.11. The fraction of sp³-hybridized carbons (Fsp3) is 0.571. The molecule has 0 aliphatic carbocycles. The molecule has 0 unspecified atom stereocenters. The molecule has 2 N–H and O–H groups in total. The number of aryl methyl sites for hydroxylation is 1. The first kappa shape index (κ1) is 22.4. The zero-order chi connectivity index (χ0) is 20.7. The highest BCUT2D eigenvalue weighted by atomic mass is 32.2. The van der Waals surface area contributed by atoms with Gasteiger partial charge in [0.25, 0.3) is 0 Å². The third-order valence-corrected chi connectivity index (χ3v) is 5.95. The normalized spacial score (nSPS) is 13.5. The molecule has 1 amide bonds. The number of nitrogens with one attached hydrogen (secondary N) is 2. The molecule has 0 bridgehead atoms. The van der Waals surface area contributed by atoms with Crippen LogP contribution in [0.15, 0.2) is 29.4 Å². The van der Waals surface area contributed by atoms with Crippen LogP contribution in [0.3, 0.4) is 0 Å². The summed E-state index contributed by atoms with van der Waals surface area (Å²) in [5.74, 6) is 0.996. The van der Waals surface area contributed by atoms with Gasteiger partial charge in [0.05, 0.1) is 19.3 Å². The third kappa shape index (κ3) is 5.82. The molecular formula is C21H34N5OS+. The Hall–Kier alpha value is -1.86.